The van der Waals surface area contributed by atoms with Crippen LogP contribution in [0.3, 0.4) is 0 Å². The minimum atomic E-state index is -0.981. The fourth-order valence-electron chi connectivity index (χ4n) is 2.41. The highest BCUT2D eigenvalue weighted by molar-refractivity contribution is 5.99. The lowest BCUT2D eigenvalue weighted by molar-refractivity contribution is -0.115. The highest BCUT2D eigenvalue weighted by Gasteiger charge is 2.28. The van der Waals surface area contributed by atoms with Crippen LogP contribution in [0.15, 0.2) is 18.2 Å². The van der Waals surface area contributed by atoms with Gasteiger partial charge in [0, 0.05) is 23.2 Å². The Kier molecular flexibility index (Phi) is 4.28. The molecule has 3 N–H and O–H groups in total. The fourth-order valence-corrected chi connectivity index (χ4v) is 2.41. The Balaban J connectivity index is 1.56. The standard InChI is InChI=1S/C16H16F2N4O2/c1-8-14(9-2-3-9)21-22-15(8)20-13(23)7-19-16(24)11-5-4-10(17)6-12(11)18/h4-6,9H,2-3,7H2,1H3,(H,19,24)(H2,20,21,22,23). The van der Waals surface area contributed by atoms with E-state index in [4.69, 9.17) is 0 Å². The Morgan fingerprint density at radius 2 is 2.08 bits per heavy atom. The number of amides is 2. The number of anilines is 1. The highest BCUT2D eigenvalue weighted by Crippen LogP contribution is 2.41. The Bertz CT molecular complexity index is 799. The van der Waals surface area contributed by atoms with Gasteiger partial charge in [-0.15, -0.1) is 0 Å². The largest absolute Gasteiger partial charge is 0.343 e. The minimum Gasteiger partial charge on any atom is -0.343 e. The van der Waals surface area contributed by atoms with Gasteiger partial charge >= 0.3 is 0 Å². The van der Waals surface area contributed by atoms with E-state index in [1.54, 1.807) is 0 Å². The molecule has 1 aromatic heterocycles. The van der Waals surface area contributed by atoms with Crippen LogP contribution in [0.25, 0.3) is 0 Å². The maximum atomic E-state index is 13.5. The summed E-state index contributed by atoms with van der Waals surface area (Å²) in [5.41, 5.74) is 1.57. The summed E-state index contributed by atoms with van der Waals surface area (Å²) in [6, 6.07) is 2.61. The van der Waals surface area contributed by atoms with Crippen molar-refractivity contribution < 1.29 is 18.4 Å². The van der Waals surface area contributed by atoms with Crippen LogP contribution >= 0.6 is 0 Å². The number of H-pyrrole nitrogens is 1. The van der Waals surface area contributed by atoms with Crippen LogP contribution < -0.4 is 10.6 Å². The van der Waals surface area contributed by atoms with Crippen molar-refractivity contribution in [1.29, 1.82) is 0 Å². The Labute approximate surface area is 136 Å². The van der Waals surface area contributed by atoms with Gasteiger partial charge in [-0.2, -0.15) is 5.10 Å². The first-order valence-electron chi connectivity index (χ1n) is 7.53. The normalized spacial score (nSPS) is 13.6. The van der Waals surface area contributed by atoms with Crippen molar-refractivity contribution in [3.05, 3.63) is 46.7 Å². The van der Waals surface area contributed by atoms with Crippen molar-refractivity contribution in [3.8, 4) is 0 Å². The summed E-state index contributed by atoms with van der Waals surface area (Å²) in [6.07, 6.45) is 2.21. The monoisotopic (exact) mass is 334 g/mol. The van der Waals surface area contributed by atoms with Gasteiger partial charge in [0.05, 0.1) is 12.1 Å². The van der Waals surface area contributed by atoms with Gasteiger partial charge in [0.15, 0.2) is 5.82 Å². The van der Waals surface area contributed by atoms with E-state index >= 15 is 0 Å². The number of carbonyl (C=O) groups is 2. The molecule has 1 aliphatic rings. The molecule has 1 fully saturated rings. The number of aromatic amines is 1. The fraction of sp³-hybridized carbons (Fsp3) is 0.312. The van der Waals surface area contributed by atoms with Gasteiger partial charge in [-0.3, -0.25) is 14.7 Å². The Morgan fingerprint density at radius 3 is 2.75 bits per heavy atom. The molecular weight excluding hydrogens is 318 g/mol. The van der Waals surface area contributed by atoms with E-state index in [0.29, 0.717) is 17.8 Å². The molecule has 0 radical (unpaired) electrons. The van der Waals surface area contributed by atoms with Gasteiger partial charge in [0.1, 0.15) is 11.6 Å². The zero-order chi connectivity index (χ0) is 17.3. The molecule has 2 amide bonds. The highest BCUT2D eigenvalue weighted by atomic mass is 19.1. The van der Waals surface area contributed by atoms with Crippen molar-refractivity contribution in [2.75, 3.05) is 11.9 Å². The number of nitrogens with one attached hydrogen (secondary N) is 3. The lowest BCUT2D eigenvalue weighted by Gasteiger charge is -2.07. The molecule has 8 heteroatoms. The number of benzene rings is 1. The molecule has 0 bridgehead atoms. The Morgan fingerprint density at radius 1 is 1.33 bits per heavy atom. The van der Waals surface area contributed by atoms with Gasteiger partial charge in [-0.05, 0) is 31.9 Å². The summed E-state index contributed by atoms with van der Waals surface area (Å²) >= 11 is 0. The molecule has 1 aliphatic carbocycles. The maximum absolute atomic E-state index is 13.5. The summed E-state index contributed by atoms with van der Waals surface area (Å²) in [7, 11) is 0. The molecule has 126 valence electrons. The van der Waals surface area contributed by atoms with E-state index in [1.807, 2.05) is 6.92 Å². The number of hydrogen-bond acceptors (Lipinski definition) is 3. The van der Waals surface area contributed by atoms with E-state index in [2.05, 4.69) is 20.8 Å². The lowest BCUT2D eigenvalue weighted by atomic mass is 10.2. The first kappa shape index (κ1) is 16.1. The lowest BCUT2D eigenvalue weighted by Crippen LogP contribution is -2.33. The summed E-state index contributed by atoms with van der Waals surface area (Å²) in [5, 5.41) is 11.8. The number of halogens is 2. The third kappa shape index (κ3) is 3.42. The number of rotatable bonds is 5. The molecule has 0 aliphatic heterocycles. The quantitative estimate of drug-likeness (QED) is 0.784. The molecule has 3 rings (SSSR count). The first-order chi connectivity index (χ1) is 11.5. The van der Waals surface area contributed by atoms with Crippen molar-refractivity contribution >= 4 is 17.6 Å². The van der Waals surface area contributed by atoms with Crippen LogP contribution in [0.4, 0.5) is 14.6 Å². The number of nitrogens with zero attached hydrogens (tertiary/aromatic N) is 1. The molecule has 2 aromatic rings. The summed E-state index contributed by atoms with van der Waals surface area (Å²) < 4.78 is 26.3. The number of hydrogen-bond donors (Lipinski definition) is 3. The van der Waals surface area contributed by atoms with Crippen LogP contribution in [-0.4, -0.2) is 28.6 Å². The van der Waals surface area contributed by atoms with Crippen molar-refractivity contribution in [2.24, 2.45) is 0 Å². The second-order valence-electron chi connectivity index (χ2n) is 5.74. The maximum Gasteiger partial charge on any atom is 0.254 e. The predicted molar refractivity (Wildman–Crippen MR) is 82.6 cm³/mol. The van der Waals surface area contributed by atoms with E-state index in [9.17, 15) is 18.4 Å². The molecule has 1 saturated carbocycles. The average Bonchev–Trinajstić information content (AvgIpc) is 3.31. The molecule has 6 nitrogen and oxygen atoms in total. The summed E-state index contributed by atoms with van der Waals surface area (Å²) in [6.45, 7) is 1.51. The third-order valence-electron chi connectivity index (χ3n) is 3.88. The van der Waals surface area contributed by atoms with Crippen LogP contribution in [0.2, 0.25) is 0 Å². The zero-order valence-corrected chi connectivity index (χ0v) is 13.0. The molecule has 0 spiro atoms. The van der Waals surface area contributed by atoms with Crippen LogP contribution in [0.1, 0.15) is 40.4 Å². The predicted octanol–water partition coefficient (Wildman–Crippen LogP) is 2.24. The van der Waals surface area contributed by atoms with Gasteiger partial charge in [-0.1, -0.05) is 0 Å². The summed E-state index contributed by atoms with van der Waals surface area (Å²) in [4.78, 5) is 23.7. The van der Waals surface area contributed by atoms with E-state index in [0.717, 1.165) is 36.2 Å². The number of carbonyl (C=O) groups excluding carboxylic acids is 2. The van der Waals surface area contributed by atoms with Crippen molar-refractivity contribution in [1.82, 2.24) is 15.5 Å². The first-order valence-corrected chi connectivity index (χ1v) is 7.53. The van der Waals surface area contributed by atoms with Crippen molar-refractivity contribution in [2.45, 2.75) is 25.7 Å². The van der Waals surface area contributed by atoms with Crippen molar-refractivity contribution in [3.63, 3.8) is 0 Å². The third-order valence-corrected chi connectivity index (χ3v) is 3.88. The molecule has 0 atom stereocenters. The second kappa shape index (κ2) is 6.38. The van der Waals surface area contributed by atoms with Crippen LogP contribution in [-0.2, 0) is 4.79 Å². The minimum absolute atomic E-state index is 0.323. The topological polar surface area (TPSA) is 86.9 Å². The van der Waals surface area contributed by atoms with Crippen LogP contribution in [0.5, 0.6) is 0 Å². The van der Waals surface area contributed by atoms with Gasteiger partial charge in [-0.25, -0.2) is 8.78 Å². The van der Waals surface area contributed by atoms with Gasteiger partial charge in [0.25, 0.3) is 5.91 Å². The van der Waals surface area contributed by atoms with E-state index in [1.165, 1.54) is 0 Å². The SMILES string of the molecule is Cc1c(NC(=O)CNC(=O)c2ccc(F)cc2F)n[nH]c1C1CC1. The summed E-state index contributed by atoms with van der Waals surface area (Å²) in [5.74, 6) is -2.14. The molecule has 0 saturated heterocycles. The van der Waals surface area contributed by atoms with Crippen LogP contribution in [0, 0.1) is 18.6 Å². The second-order valence-corrected chi connectivity index (χ2v) is 5.74. The molecule has 1 heterocycles. The van der Waals surface area contributed by atoms with E-state index in [-0.39, 0.29) is 12.1 Å². The molecule has 1 aromatic carbocycles. The zero-order valence-electron chi connectivity index (χ0n) is 13.0. The average molecular weight is 334 g/mol. The molecule has 0 unspecified atom stereocenters. The molecule has 24 heavy (non-hydrogen) atoms. The number of aromatic nitrogens is 2. The molecular formula is C16H16F2N4O2. The van der Waals surface area contributed by atoms with Gasteiger partial charge in [0.2, 0.25) is 5.91 Å². The van der Waals surface area contributed by atoms with Gasteiger partial charge < -0.3 is 10.6 Å². The van der Waals surface area contributed by atoms with E-state index < -0.39 is 23.4 Å². The smallest absolute Gasteiger partial charge is 0.254 e. The Hall–Kier alpha value is -2.77.